The Kier molecular flexibility index (Phi) is 3.00. The third-order valence-corrected chi connectivity index (χ3v) is 0.323. The highest BCUT2D eigenvalue weighted by molar-refractivity contribution is 4.48. The van der Waals surface area contributed by atoms with Crippen molar-refractivity contribution in [3.05, 3.63) is 10.4 Å². The minimum Gasteiger partial charge on any atom is -0.384 e. The molecule has 7 heavy (non-hydrogen) atoms. The quantitative estimate of drug-likeness (QED) is 0.311. The van der Waals surface area contributed by atoms with Gasteiger partial charge < -0.3 is 5.11 Å². The van der Waals surface area contributed by atoms with Gasteiger partial charge in [-0.25, -0.2) is 4.39 Å². The Hall–Kier alpha value is -0.800. The van der Waals surface area contributed by atoms with Crippen molar-refractivity contribution >= 4 is 0 Å². The summed E-state index contributed by atoms with van der Waals surface area (Å²) in [7, 11) is 0. The van der Waals surface area contributed by atoms with Crippen LogP contribution in [-0.2, 0) is 0 Å². The Labute approximate surface area is 39.2 Å². The maximum absolute atomic E-state index is 11.1. The molecule has 1 N–H and O–H groups in total. The summed E-state index contributed by atoms with van der Waals surface area (Å²) in [5, 5.41) is 10.7. The van der Waals surface area contributed by atoms with Crippen molar-refractivity contribution in [2.75, 3.05) is 6.67 Å². The molecule has 0 amide bonds. The molecule has 0 aliphatic heterocycles. The Morgan fingerprint density at radius 1 is 2.00 bits per heavy atom. The molecule has 0 rings (SSSR count). The van der Waals surface area contributed by atoms with Crippen molar-refractivity contribution < 1.29 is 9.50 Å². The standard InChI is InChI=1S/C2H4FN3O/c3-1-2(7)5-6-4/h2,7H,1H2. The van der Waals surface area contributed by atoms with E-state index < -0.39 is 12.9 Å². The number of alkyl halides is 1. The third kappa shape index (κ3) is 3.02. The van der Waals surface area contributed by atoms with Crippen molar-refractivity contribution in [3.63, 3.8) is 0 Å². The van der Waals surface area contributed by atoms with E-state index in [-0.39, 0.29) is 0 Å². The average Bonchev–Trinajstić information content (AvgIpc) is 1.68. The van der Waals surface area contributed by atoms with E-state index in [9.17, 15) is 4.39 Å². The molecular formula is C2H4FN3O. The smallest absolute Gasteiger partial charge is 0.161 e. The van der Waals surface area contributed by atoms with Gasteiger partial charge in [-0.15, -0.1) is 0 Å². The lowest BCUT2D eigenvalue weighted by Crippen LogP contribution is -2.01. The van der Waals surface area contributed by atoms with Crippen molar-refractivity contribution in [2.45, 2.75) is 6.23 Å². The van der Waals surface area contributed by atoms with Crippen LogP contribution in [0.1, 0.15) is 0 Å². The van der Waals surface area contributed by atoms with Crippen LogP contribution in [0.3, 0.4) is 0 Å². The molecule has 0 aromatic heterocycles. The molecule has 40 valence electrons. The van der Waals surface area contributed by atoms with Gasteiger partial charge >= 0.3 is 0 Å². The number of rotatable bonds is 2. The maximum Gasteiger partial charge on any atom is 0.161 e. The van der Waals surface area contributed by atoms with Gasteiger partial charge in [0.15, 0.2) is 6.23 Å². The maximum atomic E-state index is 11.1. The Bertz CT molecular complexity index is 88.9. The second-order valence-electron chi connectivity index (χ2n) is 0.840. The molecule has 0 fully saturated rings. The molecule has 0 heterocycles. The molecule has 0 bridgehead atoms. The zero-order valence-corrected chi connectivity index (χ0v) is 3.45. The summed E-state index contributed by atoms with van der Waals surface area (Å²) < 4.78 is 11.1. The van der Waals surface area contributed by atoms with Gasteiger partial charge in [0.2, 0.25) is 0 Å². The van der Waals surface area contributed by atoms with E-state index in [1.165, 1.54) is 0 Å². The third-order valence-electron chi connectivity index (χ3n) is 0.323. The van der Waals surface area contributed by atoms with Crippen LogP contribution in [0.2, 0.25) is 0 Å². The van der Waals surface area contributed by atoms with Gasteiger partial charge in [0.05, 0.1) is 0 Å². The van der Waals surface area contributed by atoms with Gasteiger partial charge in [-0.1, -0.05) is 5.11 Å². The lowest BCUT2D eigenvalue weighted by atomic mass is 10.7. The molecule has 0 spiro atoms. The summed E-state index contributed by atoms with van der Waals surface area (Å²) in [4.78, 5) is 2.14. The van der Waals surface area contributed by atoms with E-state index in [4.69, 9.17) is 10.6 Å². The number of hydrogen-bond acceptors (Lipinski definition) is 2. The Morgan fingerprint density at radius 3 is 2.71 bits per heavy atom. The molecule has 0 saturated carbocycles. The van der Waals surface area contributed by atoms with Crippen LogP contribution in [0.15, 0.2) is 5.11 Å². The second-order valence-corrected chi connectivity index (χ2v) is 0.840. The van der Waals surface area contributed by atoms with E-state index in [1.807, 2.05) is 0 Å². The number of hydrogen-bond donors (Lipinski definition) is 1. The normalized spacial score (nSPS) is 12.3. The number of azide groups is 1. The largest absolute Gasteiger partial charge is 0.384 e. The first-order chi connectivity index (χ1) is 3.31. The van der Waals surface area contributed by atoms with Crippen LogP contribution in [0.25, 0.3) is 10.4 Å². The van der Waals surface area contributed by atoms with Crippen molar-refractivity contribution in [1.82, 2.24) is 0 Å². The predicted octanol–water partition coefficient (Wildman–Crippen LogP) is 0.585. The summed E-state index contributed by atoms with van der Waals surface area (Å²) >= 11 is 0. The van der Waals surface area contributed by atoms with E-state index in [2.05, 4.69) is 10.0 Å². The molecule has 4 nitrogen and oxygen atoms in total. The molecule has 0 aromatic carbocycles. The highest BCUT2D eigenvalue weighted by Crippen LogP contribution is 1.83. The van der Waals surface area contributed by atoms with Gasteiger partial charge in [-0.05, 0) is 5.53 Å². The minimum absolute atomic E-state index is 1.02. The van der Waals surface area contributed by atoms with Gasteiger partial charge in [0.1, 0.15) is 6.67 Å². The van der Waals surface area contributed by atoms with Crippen LogP contribution in [0, 0.1) is 0 Å². The zero-order valence-electron chi connectivity index (χ0n) is 3.45. The topological polar surface area (TPSA) is 69.0 Å². The fourth-order valence-corrected chi connectivity index (χ4v) is 0.0905. The van der Waals surface area contributed by atoms with E-state index in [1.54, 1.807) is 0 Å². The summed E-state index contributed by atoms with van der Waals surface area (Å²) in [6.45, 7) is -1.02. The van der Waals surface area contributed by atoms with Gasteiger partial charge in [-0.3, -0.25) is 0 Å². The fourth-order valence-electron chi connectivity index (χ4n) is 0.0905. The molecule has 0 aliphatic rings. The number of aliphatic hydroxyl groups is 1. The molecule has 1 unspecified atom stereocenters. The molecule has 5 heteroatoms. The van der Waals surface area contributed by atoms with Crippen LogP contribution in [0.5, 0.6) is 0 Å². The first kappa shape index (κ1) is 6.20. The zero-order chi connectivity index (χ0) is 5.70. The van der Waals surface area contributed by atoms with Crippen LogP contribution < -0.4 is 0 Å². The molecule has 0 aliphatic carbocycles. The summed E-state index contributed by atoms with van der Waals surface area (Å²) in [5.41, 5.74) is 7.50. The molecule has 1 atom stereocenters. The monoisotopic (exact) mass is 105 g/mol. The first-order valence-electron chi connectivity index (χ1n) is 1.59. The lowest BCUT2D eigenvalue weighted by molar-refractivity contribution is 0.147. The summed E-state index contributed by atoms with van der Waals surface area (Å²) in [6.07, 6.45) is -1.51. The minimum atomic E-state index is -1.51. The molecule has 0 aromatic rings. The molecule has 0 radical (unpaired) electrons. The fraction of sp³-hybridized carbons (Fsp3) is 1.00. The molecule has 0 saturated heterocycles. The summed E-state index contributed by atoms with van der Waals surface area (Å²) in [5.74, 6) is 0. The van der Waals surface area contributed by atoms with Gasteiger partial charge in [0.25, 0.3) is 0 Å². The predicted molar refractivity (Wildman–Crippen MR) is 21.1 cm³/mol. The number of aliphatic hydroxyl groups excluding tert-OH is 1. The lowest BCUT2D eigenvalue weighted by Gasteiger charge is -1.88. The van der Waals surface area contributed by atoms with Crippen molar-refractivity contribution in [2.24, 2.45) is 5.11 Å². The van der Waals surface area contributed by atoms with E-state index >= 15 is 0 Å². The second kappa shape index (κ2) is 3.39. The number of nitrogens with zero attached hydrogens (tertiary/aromatic N) is 3. The van der Waals surface area contributed by atoms with Crippen molar-refractivity contribution in [1.29, 1.82) is 0 Å². The Morgan fingerprint density at radius 2 is 2.57 bits per heavy atom. The SMILES string of the molecule is [N-]=[N+]=NC(O)CF. The van der Waals surface area contributed by atoms with Crippen LogP contribution in [0.4, 0.5) is 4.39 Å². The molecular weight excluding hydrogens is 101 g/mol. The highest BCUT2D eigenvalue weighted by atomic mass is 19.1. The highest BCUT2D eigenvalue weighted by Gasteiger charge is 1.93. The van der Waals surface area contributed by atoms with Gasteiger partial charge in [0, 0.05) is 4.91 Å². The Balaban J connectivity index is 3.35. The van der Waals surface area contributed by atoms with Crippen LogP contribution >= 0.6 is 0 Å². The van der Waals surface area contributed by atoms with E-state index in [0.29, 0.717) is 0 Å². The number of halogens is 1. The van der Waals surface area contributed by atoms with Crippen LogP contribution in [-0.4, -0.2) is 18.0 Å². The van der Waals surface area contributed by atoms with Crippen molar-refractivity contribution in [3.8, 4) is 0 Å². The van der Waals surface area contributed by atoms with Gasteiger partial charge in [-0.2, -0.15) is 0 Å². The average molecular weight is 105 g/mol. The summed E-state index contributed by atoms with van der Waals surface area (Å²) in [6, 6.07) is 0. The first-order valence-corrected chi connectivity index (χ1v) is 1.59. The van der Waals surface area contributed by atoms with E-state index in [0.717, 1.165) is 0 Å².